The first-order valence-corrected chi connectivity index (χ1v) is 9.56. The maximum atomic E-state index is 12.1. The fourth-order valence-electron chi connectivity index (χ4n) is 2.99. The SMILES string of the molecule is Cc1ccc([C@H](C)NC(=O)COC(=O)COc2ccc3ccccc3c2)cc1C. The van der Waals surface area contributed by atoms with Crippen LogP contribution in [-0.2, 0) is 14.3 Å². The number of rotatable bonds is 7. The molecule has 0 aliphatic rings. The van der Waals surface area contributed by atoms with Gasteiger partial charge in [-0.1, -0.05) is 48.5 Å². The van der Waals surface area contributed by atoms with Crippen molar-refractivity contribution in [2.75, 3.05) is 13.2 Å². The third-order valence-corrected chi connectivity index (χ3v) is 4.85. The molecule has 0 aliphatic heterocycles. The summed E-state index contributed by atoms with van der Waals surface area (Å²) in [5.41, 5.74) is 3.38. The molecule has 3 aromatic carbocycles. The van der Waals surface area contributed by atoms with Crippen molar-refractivity contribution in [3.8, 4) is 5.75 Å². The lowest BCUT2D eigenvalue weighted by Gasteiger charge is -2.16. The summed E-state index contributed by atoms with van der Waals surface area (Å²) in [6.07, 6.45) is 0. The van der Waals surface area contributed by atoms with E-state index in [1.54, 1.807) is 6.07 Å². The predicted molar refractivity (Wildman–Crippen MR) is 113 cm³/mol. The van der Waals surface area contributed by atoms with E-state index in [2.05, 4.69) is 5.32 Å². The molecule has 1 amide bonds. The predicted octanol–water partition coefficient (Wildman–Crippen LogP) is 4.26. The number of hydrogen-bond donors (Lipinski definition) is 1. The first kappa shape index (κ1) is 20.4. The van der Waals surface area contributed by atoms with Crippen molar-refractivity contribution in [1.29, 1.82) is 0 Å². The Kier molecular flexibility index (Phi) is 6.50. The van der Waals surface area contributed by atoms with Gasteiger partial charge in [-0.3, -0.25) is 4.79 Å². The molecular formula is C24H25NO4. The van der Waals surface area contributed by atoms with Gasteiger partial charge in [0.2, 0.25) is 0 Å². The number of aryl methyl sites for hydroxylation is 2. The van der Waals surface area contributed by atoms with Gasteiger partial charge in [-0.2, -0.15) is 0 Å². The van der Waals surface area contributed by atoms with E-state index in [4.69, 9.17) is 9.47 Å². The number of amides is 1. The molecule has 3 aromatic rings. The van der Waals surface area contributed by atoms with E-state index < -0.39 is 5.97 Å². The highest BCUT2D eigenvalue weighted by atomic mass is 16.6. The molecule has 5 heteroatoms. The molecule has 0 radical (unpaired) electrons. The van der Waals surface area contributed by atoms with Crippen LogP contribution in [0.15, 0.2) is 60.7 Å². The highest BCUT2D eigenvalue weighted by Crippen LogP contribution is 2.20. The van der Waals surface area contributed by atoms with Crippen molar-refractivity contribution in [2.24, 2.45) is 0 Å². The zero-order valence-corrected chi connectivity index (χ0v) is 16.9. The summed E-state index contributed by atoms with van der Waals surface area (Å²) < 4.78 is 10.5. The van der Waals surface area contributed by atoms with Gasteiger partial charge < -0.3 is 14.8 Å². The van der Waals surface area contributed by atoms with E-state index in [1.807, 2.05) is 75.4 Å². The van der Waals surface area contributed by atoms with Crippen LogP contribution in [0.3, 0.4) is 0 Å². The number of nitrogens with one attached hydrogen (secondary N) is 1. The van der Waals surface area contributed by atoms with Crippen LogP contribution in [-0.4, -0.2) is 25.1 Å². The zero-order valence-electron chi connectivity index (χ0n) is 16.9. The minimum atomic E-state index is -0.591. The van der Waals surface area contributed by atoms with E-state index in [0.717, 1.165) is 16.3 Å². The molecule has 0 heterocycles. The first-order chi connectivity index (χ1) is 13.9. The van der Waals surface area contributed by atoms with E-state index in [1.165, 1.54) is 11.1 Å². The number of fused-ring (bicyclic) bond motifs is 1. The van der Waals surface area contributed by atoms with Gasteiger partial charge in [-0.15, -0.1) is 0 Å². The van der Waals surface area contributed by atoms with E-state index in [-0.39, 0.29) is 25.2 Å². The van der Waals surface area contributed by atoms with Crippen LogP contribution in [0.5, 0.6) is 5.75 Å². The highest BCUT2D eigenvalue weighted by Gasteiger charge is 2.13. The summed E-state index contributed by atoms with van der Waals surface area (Å²) >= 11 is 0. The smallest absolute Gasteiger partial charge is 0.344 e. The first-order valence-electron chi connectivity index (χ1n) is 9.56. The Morgan fingerprint density at radius 3 is 2.41 bits per heavy atom. The molecule has 1 atom stereocenters. The minimum absolute atomic E-state index is 0.172. The standard InChI is InChI=1S/C24H25NO4/c1-16-8-9-20(12-17(16)2)18(3)25-23(26)14-29-24(27)15-28-22-11-10-19-6-4-5-7-21(19)13-22/h4-13,18H,14-15H2,1-3H3,(H,25,26)/t18-/m0/s1. The Bertz CT molecular complexity index is 1030. The molecule has 1 N–H and O–H groups in total. The lowest BCUT2D eigenvalue weighted by Crippen LogP contribution is -2.32. The van der Waals surface area contributed by atoms with Crippen molar-refractivity contribution < 1.29 is 19.1 Å². The molecule has 0 unspecified atom stereocenters. The van der Waals surface area contributed by atoms with Crippen LogP contribution in [0.25, 0.3) is 10.8 Å². The van der Waals surface area contributed by atoms with Gasteiger partial charge in [0.25, 0.3) is 5.91 Å². The lowest BCUT2D eigenvalue weighted by molar-refractivity contribution is -0.150. The Hall–Kier alpha value is -3.34. The van der Waals surface area contributed by atoms with E-state index in [9.17, 15) is 9.59 Å². The molecule has 0 spiro atoms. The molecule has 0 aliphatic carbocycles. The summed E-state index contributed by atoms with van der Waals surface area (Å²) in [6.45, 7) is 5.38. The summed E-state index contributed by atoms with van der Waals surface area (Å²) in [5, 5.41) is 4.96. The Morgan fingerprint density at radius 2 is 1.66 bits per heavy atom. The lowest BCUT2D eigenvalue weighted by atomic mass is 10.0. The van der Waals surface area contributed by atoms with Gasteiger partial charge in [-0.05, 0) is 60.4 Å². The van der Waals surface area contributed by atoms with Gasteiger partial charge in [0, 0.05) is 0 Å². The average molecular weight is 391 g/mol. The van der Waals surface area contributed by atoms with Gasteiger partial charge in [0.1, 0.15) is 5.75 Å². The maximum Gasteiger partial charge on any atom is 0.344 e. The fraction of sp³-hybridized carbons (Fsp3) is 0.250. The number of carbonyl (C=O) groups excluding carboxylic acids is 2. The van der Waals surface area contributed by atoms with Crippen molar-refractivity contribution >= 4 is 22.6 Å². The molecule has 0 saturated heterocycles. The number of hydrogen-bond acceptors (Lipinski definition) is 4. The molecule has 0 saturated carbocycles. The molecule has 150 valence electrons. The number of ether oxygens (including phenoxy) is 2. The highest BCUT2D eigenvalue weighted by molar-refractivity contribution is 5.84. The molecule has 0 bridgehead atoms. The number of benzene rings is 3. The van der Waals surface area contributed by atoms with Crippen molar-refractivity contribution in [3.63, 3.8) is 0 Å². The van der Waals surface area contributed by atoms with Gasteiger partial charge in [0.15, 0.2) is 13.2 Å². The van der Waals surface area contributed by atoms with Crippen molar-refractivity contribution in [2.45, 2.75) is 26.8 Å². The van der Waals surface area contributed by atoms with Crippen LogP contribution < -0.4 is 10.1 Å². The third-order valence-electron chi connectivity index (χ3n) is 4.85. The summed E-state index contributed by atoms with van der Waals surface area (Å²) in [7, 11) is 0. The molecule has 0 fully saturated rings. The zero-order chi connectivity index (χ0) is 20.8. The number of carbonyl (C=O) groups is 2. The van der Waals surface area contributed by atoms with Crippen LogP contribution in [0.1, 0.15) is 29.7 Å². The summed E-state index contributed by atoms with van der Waals surface area (Å²) in [5.74, 6) is -0.365. The van der Waals surface area contributed by atoms with Gasteiger partial charge in [-0.25, -0.2) is 4.79 Å². The van der Waals surface area contributed by atoms with Crippen LogP contribution in [0.2, 0.25) is 0 Å². The third kappa shape index (κ3) is 5.57. The minimum Gasteiger partial charge on any atom is -0.482 e. The quantitative estimate of drug-likeness (QED) is 0.612. The Morgan fingerprint density at radius 1 is 0.897 bits per heavy atom. The molecule has 3 rings (SSSR count). The number of esters is 1. The topological polar surface area (TPSA) is 64.6 Å². The normalized spacial score (nSPS) is 11.7. The molecular weight excluding hydrogens is 366 g/mol. The van der Waals surface area contributed by atoms with Crippen molar-refractivity contribution in [3.05, 3.63) is 77.4 Å². The second-order valence-corrected chi connectivity index (χ2v) is 7.09. The summed E-state index contributed by atoms with van der Waals surface area (Å²) in [6, 6.07) is 19.4. The van der Waals surface area contributed by atoms with E-state index in [0.29, 0.717) is 5.75 Å². The molecule has 29 heavy (non-hydrogen) atoms. The van der Waals surface area contributed by atoms with Gasteiger partial charge >= 0.3 is 5.97 Å². The fourth-order valence-corrected chi connectivity index (χ4v) is 2.99. The monoisotopic (exact) mass is 391 g/mol. The Balaban J connectivity index is 1.44. The average Bonchev–Trinajstić information content (AvgIpc) is 2.72. The molecule has 0 aromatic heterocycles. The maximum absolute atomic E-state index is 12.1. The summed E-state index contributed by atoms with van der Waals surface area (Å²) in [4.78, 5) is 24.0. The van der Waals surface area contributed by atoms with Crippen LogP contribution in [0, 0.1) is 13.8 Å². The van der Waals surface area contributed by atoms with Crippen LogP contribution >= 0.6 is 0 Å². The van der Waals surface area contributed by atoms with Crippen molar-refractivity contribution in [1.82, 2.24) is 5.32 Å². The molecule has 5 nitrogen and oxygen atoms in total. The van der Waals surface area contributed by atoms with Crippen LogP contribution in [0.4, 0.5) is 0 Å². The van der Waals surface area contributed by atoms with Gasteiger partial charge in [0.05, 0.1) is 6.04 Å². The largest absolute Gasteiger partial charge is 0.482 e. The van der Waals surface area contributed by atoms with E-state index >= 15 is 0 Å². The second kappa shape index (κ2) is 9.24. The Labute approximate surface area is 170 Å². The second-order valence-electron chi connectivity index (χ2n) is 7.09.